The minimum absolute atomic E-state index is 0.0645. The van der Waals surface area contributed by atoms with Gasteiger partial charge in [-0.25, -0.2) is 0 Å². The minimum atomic E-state index is -0.0645. The van der Waals surface area contributed by atoms with Crippen LogP contribution in [0.1, 0.15) is 35.9 Å². The lowest BCUT2D eigenvalue weighted by atomic mass is 9.90. The van der Waals surface area contributed by atoms with Crippen LogP contribution in [0.3, 0.4) is 0 Å². The average molecular weight is 237 g/mol. The lowest BCUT2D eigenvalue weighted by molar-refractivity contribution is 0.0607. The summed E-state index contributed by atoms with van der Waals surface area (Å²) in [6.07, 6.45) is 3.43. The second-order valence-corrected chi connectivity index (χ2v) is 4.71. The fourth-order valence-corrected chi connectivity index (χ4v) is 2.31. The van der Waals surface area contributed by atoms with Crippen LogP contribution in [0, 0.1) is 12.8 Å². The van der Waals surface area contributed by atoms with Gasteiger partial charge >= 0.3 is 0 Å². The Labute approximate surface area is 101 Å². The smallest absolute Gasteiger partial charge is 0.292 e. The maximum Gasteiger partial charge on any atom is 0.292 e. The van der Waals surface area contributed by atoms with Gasteiger partial charge in [0, 0.05) is 24.7 Å². The molecule has 2 heterocycles. The number of hydrogen-bond acceptors (Lipinski definition) is 4. The van der Waals surface area contributed by atoms with Crippen molar-refractivity contribution >= 4 is 5.91 Å². The molecule has 0 saturated carbocycles. The number of carbonyl (C=O) groups is 1. The van der Waals surface area contributed by atoms with Crippen LogP contribution in [0.2, 0.25) is 0 Å². The molecule has 2 atom stereocenters. The first-order valence-electron chi connectivity index (χ1n) is 6.09. The monoisotopic (exact) mass is 237 g/mol. The van der Waals surface area contributed by atoms with E-state index in [9.17, 15) is 4.79 Å². The maximum absolute atomic E-state index is 12.2. The fraction of sp³-hybridized carbons (Fsp3) is 0.667. The van der Waals surface area contributed by atoms with Crippen molar-refractivity contribution in [1.82, 2.24) is 10.1 Å². The second-order valence-electron chi connectivity index (χ2n) is 4.71. The third kappa shape index (κ3) is 2.34. The van der Waals surface area contributed by atoms with Gasteiger partial charge in [0.05, 0.1) is 6.20 Å². The SMILES string of the molecule is CCC1CN(C(=O)c2oncc2C)CCC1N. The molecule has 1 fully saturated rings. The van der Waals surface area contributed by atoms with Crippen molar-refractivity contribution in [3.05, 3.63) is 17.5 Å². The number of amides is 1. The van der Waals surface area contributed by atoms with Crippen molar-refractivity contribution in [2.45, 2.75) is 32.7 Å². The zero-order valence-corrected chi connectivity index (χ0v) is 10.3. The Morgan fingerprint density at radius 3 is 3.06 bits per heavy atom. The van der Waals surface area contributed by atoms with Gasteiger partial charge in [0.15, 0.2) is 0 Å². The van der Waals surface area contributed by atoms with E-state index in [1.54, 1.807) is 6.20 Å². The first kappa shape index (κ1) is 12.1. The van der Waals surface area contributed by atoms with E-state index < -0.39 is 0 Å². The van der Waals surface area contributed by atoms with Crippen molar-refractivity contribution in [3.8, 4) is 0 Å². The summed E-state index contributed by atoms with van der Waals surface area (Å²) in [5, 5.41) is 3.64. The molecule has 17 heavy (non-hydrogen) atoms. The van der Waals surface area contributed by atoms with Crippen molar-refractivity contribution in [1.29, 1.82) is 0 Å². The predicted molar refractivity (Wildman–Crippen MR) is 63.5 cm³/mol. The average Bonchev–Trinajstić information content (AvgIpc) is 2.75. The van der Waals surface area contributed by atoms with Crippen LogP contribution in [0.25, 0.3) is 0 Å². The topological polar surface area (TPSA) is 72.4 Å². The van der Waals surface area contributed by atoms with Crippen molar-refractivity contribution < 1.29 is 9.32 Å². The molecule has 2 N–H and O–H groups in total. The van der Waals surface area contributed by atoms with Crippen LogP contribution in [-0.2, 0) is 0 Å². The molecule has 0 spiro atoms. The lowest BCUT2D eigenvalue weighted by Gasteiger charge is -2.36. The molecule has 0 bridgehead atoms. The van der Waals surface area contributed by atoms with E-state index in [-0.39, 0.29) is 11.9 Å². The summed E-state index contributed by atoms with van der Waals surface area (Å²) in [6, 6.07) is 0.208. The zero-order chi connectivity index (χ0) is 12.4. The highest BCUT2D eigenvalue weighted by Crippen LogP contribution is 2.21. The van der Waals surface area contributed by atoms with Gasteiger partial charge in [-0.1, -0.05) is 18.5 Å². The summed E-state index contributed by atoms with van der Waals surface area (Å²) in [4.78, 5) is 14.0. The highest BCUT2D eigenvalue weighted by Gasteiger charge is 2.30. The summed E-state index contributed by atoms with van der Waals surface area (Å²) in [6.45, 7) is 5.36. The Balaban J connectivity index is 2.09. The fourth-order valence-electron chi connectivity index (χ4n) is 2.31. The number of rotatable bonds is 2. The quantitative estimate of drug-likeness (QED) is 0.838. The van der Waals surface area contributed by atoms with E-state index in [2.05, 4.69) is 12.1 Å². The highest BCUT2D eigenvalue weighted by atomic mass is 16.5. The molecule has 0 aromatic carbocycles. The number of likely N-dealkylation sites (tertiary alicyclic amines) is 1. The van der Waals surface area contributed by atoms with Crippen LogP contribution in [0.5, 0.6) is 0 Å². The maximum atomic E-state index is 12.2. The van der Waals surface area contributed by atoms with Crippen LogP contribution < -0.4 is 5.73 Å². The van der Waals surface area contributed by atoms with Crippen LogP contribution in [0.15, 0.2) is 10.7 Å². The summed E-state index contributed by atoms with van der Waals surface area (Å²) in [7, 11) is 0. The molecule has 0 radical (unpaired) electrons. The van der Waals surface area contributed by atoms with Crippen LogP contribution >= 0.6 is 0 Å². The van der Waals surface area contributed by atoms with Gasteiger partial charge in [-0.3, -0.25) is 4.79 Å². The molecule has 1 aliphatic heterocycles. The molecule has 5 heteroatoms. The van der Waals surface area contributed by atoms with E-state index in [1.165, 1.54) is 0 Å². The third-order valence-electron chi connectivity index (χ3n) is 3.55. The Morgan fingerprint density at radius 1 is 1.71 bits per heavy atom. The molecule has 2 rings (SSSR count). The molecular formula is C12H19N3O2. The first-order valence-corrected chi connectivity index (χ1v) is 6.09. The Bertz CT molecular complexity index is 402. The summed E-state index contributed by atoms with van der Waals surface area (Å²) in [5.74, 6) is 0.677. The first-order chi connectivity index (χ1) is 8.13. The van der Waals surface area contributed by atoms with Crippen molar-refractivity contribution in [2.75, 3.05) is 13.1 Å². The molecule has 1 aliphatic rings. The standard InChI is InChI=1S/C12H19N3O2/c1-3-9-7-15(5-4-10(9)13)12(16)11-8(2)6-14-17-11/h6,9-10H,3-5,7,13H2,1-2H3. The van der Waals surface area contributed by atoms with Gasteiger partial charge in [0.1, 0.15) is 0 Å². The Morgan fingerprint density at radius 2 is 2.47 bits per heavy atom. The Kier molecular flexibility index (Phi) is 3.47. The zero-order valence-electron chi connectivity index (χ0n) is 10.3. The minimum Gasteiger partial charge on any atom is -0.351 e. The van der Waals surface area contributed by atoms with Crippen molar-refractivity contribution in [3.63, 3.8) is 0 Å². The lowest BCUT2D eigenvalue weighted by Crippen LogP contribution is -2.49. The largest absolute Gasteiger partial charge is 0.351 e. The van der Waals surface area contributed by atoms with Gasteiger partial charge in [0.2, 0.25) is 5.76 Å². The van der Waals surface area contributed by atoms with Crippen LogP contribution in [-0.4, -0.2) is 35.1 Å². The molecule has 1 amide bonds. The number of carbonyl (C=O) groups excluding carboxylic acids is 1. The molecule has 1 aromatic heterocycles. The number of hydrogen-bond donors (Lipinski definition) is 1. The molecule has 1 saturated heterocycles. The normalized spacial score (nSPS) is 25.0. The third-order valence-corrected chi connectivity index (χ3v) is 3.55. The molecule has 1 aromatic rings. The van der Waals surface area contributed by atoms with E-state index in [0.29, 0.717) is 18.2 Å². The summed E-state index contributed by atoms with van der Waals surface area (Å²) >= 11 is 0. The Hall–Kier alpha value is -1.36. The summed E-state index contributed by atoms with van der Waals surface area (Å²) < 4.78 is 5.00. The van der Waals surface area contributed by atoms with Crippen molar-refractivity contribution in [2.24, 2.45) is 11.7 Å². The number of nitrogens with zero attached hydrogens (tertiary/aromatic N) is 2. The molecule has 2 unspecified atom stereocenters. The van der Waals surface area contributed by atoms with Gasteiger partial charge in [-0.15, -0.1) is 0 Å². The molecular weight excluding hydrogens is 218 g/mol. The number of piperidine rings is 1. The summed E-state index contributed by atoms with van der Waals surface area (Å²) in [5.41, 5.74) is 6.82. The van der Waals surface area contributed by atoms with Gasteiger partial charge in [0.25, 0.3) is 5.91 Å². The van der Waals surface area contributed by atoms with E-state index in [4.69, 9.17) is 10.3 Å². The van der Waals surface area contributed by atoms with E-state index >= 15 is 0 Å². The van der Waals surface area contributed by atoms with Gasteiger partial charge in [-0.05, 0) is 19.3 Å². The molecule has 94 valence electrons. The van der Waals surface area contributed by atoms with Gasteiger partial charge in [-0.2, -0.15) is 0 Å². The highest BCUT2D eigenvalue weighted by molar-refractivity contribution is 5.92. The number of aryl methyl sites for hydroxylation is 1. The molecule has 5 nitrogen and oxygen atoms in total. The predicted octanol–water partition coefficient (Wildman–Crippen LogP) is 1.18. The number of aromatic nitrogens is 1. The van der Waals surface area contributed by atoms with E-state index in [0.717, 1.165) is 24.9 Å². The molecule has 0 aliphatic carbocycles. The van der Waals surface area contributed by atoms with Crippen LogP contribution in [0.4, 0.5) is 0 Å². The number of nitrogens with two attached hydrogens (primary N) is 1. The van der Waals surface area contributed by atoms with E-state index in [1.807, 2.05) is 11.8 Å². The second kappa shape index (κ2) is 4.87. The van der Waals surface area contributed by atoms with Gasteiger partial charge < -0.3 is 15.2 Å².